The number of hydrogen-bond donors (Lipinski definition) is 1. The van der Waals surface area contributed by atoms with Gasteiger partial charge in [0.05, 0.1) is 0 Å². The second-order valence-corrected chi connectivity index (χ2v) is 5.08. The minimum absolute atomic E-state index is 0.298. The Balaban J connectivity index is 1.81. The average Bonchev–Trinajstić information content (AvgIpc) is 2.65. The summed E-state index contributed by atoms with van der Waals surface area (Å²) in [6, 6.07) is 9.16. The monoisotopic (exact) mass is 247 g/mol. The molecule has 3 heteroatoms. The van der Waals surface area contributed by atoms with Crippen LogP contribution in [0.2, 0.25) is 0 Å². The molecule has 0 saturated heterocycles. The number of unbranched alkanes of at least 4 members (excludes halogenated alkanes) is 2. The van der Waals surface area contributed by atoms with Gasteiger partial charge in [0.25, 0.3) is 0 Å². The van der Waals surface area contributed by atoms with Gasteiger partial charge in [-0.05, 0) is 37.8 Å². The van der Waals surface area contributed by atoms with E-state index in [1.54, 1.807) is 0 Å². The molecule has 0 bridgehead atoms. The zero-order chi connectivity index (χ0) is 13.0. The molecule has 1 heterocycles. The lowest BCUT2D eigenvalue weighted by atomic mass is 10.1. The van der Waals surface area contributed by atoms with E-state index in [9.17, 15) is 4.79 Å². The van der Waals surface area contributed by atoms with Crippen molar-refractivity contribution in [2.24, 2.45) is 0 Å². The number of hydrogen-bond acceptors (Lipinski definition) is 2. The highest BCUT2D eigenvalue weighted by molar-refractivity contribution is 5.66. The maximum absolute atomic E-state index is 10.4. The second-order valence-electron chi connectivity index (χ2n) is 5.08. The lowest BCUT2D eigenvalue weighted by Crippen LogP contribution is -2.30. The maximum Gasteiger partial charge on any atom is 0.303 e. The molecule has 1 N–H and O–H groups in total. The van der Waals surface area contributed by atoms with Crippen LogP contribution in [0.15, 0.2) is 24.3 Å². The van der Waals surface area contributed by atoms with Gasteiger partial charge in [-0.1, -0.05) is 24.6 Å². The SMILES string of the molecule is CC1Cc2ccccc2N1CCCCCC(=O)O. The molecule has 98 valence electrons. The van der Waals surface area contributed by atoms with Crippen molar-refractivity contribution in [3.05, 3.63) is 29.8 Å². The summed E-state index contributed by atoms with van der Waals surface area (Å²) in [6.07, 6.45) is 4.29. The Morgan fingerprint density at radius 1 is 1.33 bits per heavy atom. The van der Waals surface area contributed by atoms with E-state index in [1.165, 1.54) is 11.3 Å². The highest BCUT2D eigenvalue weighted by atomic mass is 16.4. The van der Waals surface area contributed by atoms with Crippen molar-refractivity contribution < 1.29 is 9.90 Å². The number of nitrogens with zero attached hydrogens (tertiary/aromatic N) is 1. The van der Waals surface area contributed by atoms with Crippen molar-refractivity contribution in [2.75, 3.05) is 11.4 Å². The van der Waals surface area contributed by atoms with E-state index in [0.717, 1.165) is 32.2 Å². The number of aliphatic carboxylic acids is 1. The molecule has 1 aliphatic rings. The molecule has 1 unspecified atom stereocenters. The van der Waals surface area contributed by atoms with E-state index in [4.69, 9.17) is 5.11 Å². The highest BCUT2D eigenvalue weighted by Gasteiger charge is 2.24. The summed E-state index contributed by atoms with van der Waals surface area (Å²) in [7, 11) is 0. The van der Waals surface area contributed by atoms with Crippen molar-refractivity contribution in [1.82, 2.24) is 0 Å². The van der Waals surface area contributed by atoms with Gasteiger partial charge in [-0.2, -0.15) is 0 Å². The number of rotatable bonds is 6. The number of benzene rings is 1. The van der Waals surface area contributed by atoms with Gasteiger partial charge in [-0.3, -0.25) is 4.79 Å². The average molecular weight is 247 g/mol. The van der Waals surface area contributed by atoms with E-state index in [-0.39, 0.29) is 0 Å². The van der Waals surface area contributed by atoms with Gasteiger partial charge in [0.1, 0.15) is 0 Å². The normalized spacial score (nSPS) is 17.8. The van der Waals surface area contributed by atoms with Crippen LogP contribution in [-0.4, -0.2) is 23.7 Å². The Labute approximate surface area is 108 Å². The van der Waals surface area contributed by atoms with Crippen LogP contribution in [0.5, 0.6) is 0 Å². The molecule has 1 aromatic carbocycles. The first kappa shape index (κ1) is 12.9. The molecule has 0 spiro atoms. The van der Waals surface area contributed by atoms with Crippen LogP contribution in [0.4, 0.5) is 5.69 Å². The number of carboxylic acids is 1. The third kappa shape index (κ3) is 3.03. The van der Waals surface area contributed by atoms with E-state index < -0.39 is 5.97 Å². The Morgan fingerprint density at radius 3 is 2.89 bits per heavy atom. The molecule has 18 heavy (non-hydrogen) atoms. The van der Waals surface area contributed by atoms with Crippen LogP contribution < -0.4 is 4.90 Å². The molecule has 1 aromatic rings. The first-order valence-electron chi connectivity index (χ1n) is 6.75. The third-order valence-corrected chi connectivity index (χ3v) is 3.64. The molecule has 3 nitrogen and oxygen atoms in total. The lowest BCUT2D eigenvalue weighted by Gasteiger charge is -2.24. The van der Waals surface area contributed by atoms with Gasteiger partial charge >= 0.3 is 5.97 Å². The van der Waals surface area contributed by atoms with Gasteiger partial charge in [-0.15, -0.1) is 0 Å². The molecular weight excluding hydrogens is 226 g/mol. The predicted octanol–water partition coefficient (Wildman–Crippen LogP) is 3.08. The highest BCUT2D eigenvalue weighted by Crippen LogP contribution is 2.31. The predicted molar refractivity (Wildman–Crippen MR) is 73.1 cm³/mol. The Bertz CT molecular complexity index is 417. The second kappa shape index (κ2) is 5.89. The van der Waals surface area contributed by atoms with E-state index in [0.29, 0.717) is 12.5 Å². The number of carboxylic acid groups (broad SMARTS) is 1. The van der Waals surface area contributed by atoms with Crippen molar-refractivity contribution in [2.45, 2.75) is 45.1 Å². The minimum Gasteiger partial charge on any atom is -0.481 e. The van der Waals surface area contributed by atoms with Gasteiger partial charge < -0.3 is 10.0 Å². The Kier molecular flexibility index (Phi) is 4.24. The molecule has 2 rings (SSSR count). The van der Waals surface area contributed by atoms with Gasteiger partial charge in [0.2, 0.25) is 0 Å². The number of fused-ring (bicyclic) bond motifs is 1. The number of carbonyl (C=O) groups is 1. The summed E-state index contributed by atoms with van der Waals surface area (Å²) in [6.45, 7) is 3.30. The molecule has 0 fully saturated rings. The number of anilines is 1. The summed E-state index contributed by atoms with van der Waals surface area (Å²) in [4.78, 5) is 12.9. The summed E-state index contributed by atoms with van der Waals surface area (Å²) in [5, 5.41) is 8.59. The topological polar surface area (TPSA) is 40.5 Å². The smallest absolute Gasteiger partial charge is 0.303 e. The van der Waals surface area contributed by atoms with Gasteiger partial charge in [0.15, 0.2) is 0 Å². The van der Waals surface area contributed by atoms with Crippen molar-refractivity contribution >= 4 is 11.7 Å². The summed E-state index contributed by atoms with van der Waals surface area (Å²) in [5.41, 5.74) is 2.80. The van der Waals surface area contributed by atoms with Crippen LogP contribution in [-0.2, 0) is 11.2 Å². The Hall–Kier alpha value is -1.51. The fourth-order valence-electron chi connectivity index (χ4n) is 2.71. The Morgan fingerprint density at radius 2 is 2.11 bits per heavy atom. The van der Waals surface area contributed by atoms with Crippen molar-refractivity contribution in [3.8, 4) is 0 Å². The molecule has 0 amide bonds. The van der Waals surface area contributed by atoms with Gasteiger partial charge in [0, 0.05) is 24.7 Å². The van der Waals surface area contributed by atoms with E-state index in [2.05, 4.69) is 36.1 Å². The molecule has 0 saturated carbocycles. The molecule has 0 aliphatic carbocycles. The summed E-state index contributed by atoms with van der Waals surface area (Å²) in [5.74, 6) is -0.685. The zero-order valence-electron chi connectivity index (χ0n) is 10.9. The molecule has 0 aromatic heterocycles. The third-order valence-electron chi connectivity index (χ3n) is 3.64. The van der Waals surface area contributed by atoms with Crippen LogP contribution in [0.3, 0.4) is 0 Å². The fourth-order valence-corrected chi connectivity index (χ4v) is 2.71. The van der Waals surface area contributed by atoms with Crippen LogP contribution in [0.25, 0.3) is 0 Å². The largest absolute Gasteiger partial charge is 0.481 e. The van der Waals surface area contributed by atoms with Crippen LogP contribution >= 0.6 is 0 Å². The van der Waals surface area contributed by atoms with Crippen LogP contribution in [0.1, 0.15) is 38.2 Å². The molecular formula is C15H21NO2. The molecule has 1 atom stereocenters. The maximum atomic E-state index is 10.4. The van der Waals surface area contributed by atoms with Crippen molar-refractivity contribution in [1.29, 1.82) is 0 Å². The first-order chi connectivity index (χ1) is 8.68. The van der Waals surface area contributed by atoms with E-state index >= 15 is 0 Å². The van der Waals surface area contributed by atoms with Gasteiger partial charge in [-0.25, -0.2) is 0 Å². The first-order valence-corrected chi connectivity index (χ1v) is 6.75. The minimum atomic E-state index is -0.685. The summed E-state index contributed by atoms with van der Waals surface area (Å²) < 4.78 is 0. The molecule has 1 aliphatic heterocycles. The standard InChI is InChI=1S/C15H21NO2/c1-12-11-13-7-4-5-8-14(13)16(12)10-6-2-3-9-15(17)18/h4-5,7-8,12H,2-3,6,9-11H2,1H3,(H,17,18). The lowest BCUT2D eigenvalue weighted by molar-refractivity contribution is -0.137. The number of para-hydroxylation sites is 1. The quantitative estimate of drug-likeness (QED) is 0.785. The molecule has 0 radical (unpaired) electrons. The van der Waals surface area contributed by atoms with E-state index in [1.807, 2.05) is 0 Å². The van der Waals surface area contributed by atoms with Crippen molar-refractivity contribution in [3.63, 3.8) is 0 Å². The zero-order valence-corrected chi connectivity index (χ0v) is 10.9. The fraction of sp³-hybridized carbons (Fsp3) is 0.533. The summed E-state index contributed by atoms with van der Waals surface area (Å²) >= 11 is 0. The van der Waals surface area contributed by atoms with Crippen LogP contribution in [0, 0.1) is 0 Å².